The molecule has 2 aromatic rings. The fraction of sp³-hybridized carbons (Fsp3) is 0.308. The molecule has 0 bridgehead atoms. The largest absolute Gasteiger partial charge is 0.324 e. The molecule has 1 unspecified atom stereocenters. The lowest BCUT2D eigenvalue weighted by Crippen LogP contribution is -2.23. The molecule has 7 heteroatoms. The Bertz CT molecular complexity index is 676. The van der Waals surface area contributed by atoms with E-state index in [1.165, 1.54) is 11.3 Å². The highest BCUT2D eigenvalue weighted by Gasteiger charge is 2.14. The third kappa shape index (κ3) is 3.63. The Morgan fingerprint density at radius 3 is 2.50 bits per heavy atom. The highest BCUT2D eigenvalue weighted by atomic mass is 32.2. The second-order valence-corrected chi connectivity index (χ2v) is 7.37. The fourth-order valence-corrected chi connectivity index (χ4v) is 3.30. The molecule has 1 aromatic carbocycles. The Balaban J connectivity index is 2.09. The first-order chi connectivity index (χ1) is 9.38. The van der Waals surface area contributed by atoms with Gasteiger partial charge in [0.25, 0.3) is 0 Å². The van der Waals surface area contributed by atoms with Crippen LogP contribution in [0.4, 0.5) is 0 Å². The molecule has 2 rings (SSSR count). The first kappa shape index (κ1) is 15.1. The Morgan fingerprint density at radius 1 is 1.35 bits per heavy atom. The van der Waals surface area contributed by atoms with E-state index in [-0.39, 0.29) is 17.5 Å². The quantitative estimate of drug-likeness (QED) is 0.884. The van der Waals surface area contributed by atoms with Crippen LogP contribution in [-0.4, -0.2) is 13.4 Å². The first-order valence-corrected chi connectivity index (χ1v) is 8.51. The molecule has 1 aromatic heterocycles. The summed E-state index contributed by atoms with van der Waals surface area (Å²) in [6.07, 6.45) is 0. The summed E-state index contributed by atoms with van der Waals surface area (Å²) in [7, 11) is -3.52. The van der Waals surface area contributed by atoms with Gasteiger partial charge in [0.2, 0.25) is 10.0 Å². The van der Waals surface area contributed by atoms with Crippen LogP contribution in [0.25, 0.3) is 0 Å². The molecule has 0 amide bonds. The number of aryl methyl sites for hydroxylation is 1. The minimum atomic E-state index is -3.52. The first-order valence-electron chi connectivity index (χ1n) is 6.15. The maximum atomic E-state index is 12.1. The minimum absolute atomic E-state index is 0.113. The fourth-order valence-electron chi connectivity index (χ4n) is 1.69. The Morgan fingerprint density at radius 2 is 2.00 bits per heavy atom. The molecular formula is C13H17N3O2S2. The van der Waals surface area contributed by atoms with E-state index < -0.39 is 10.0 Å². The Labute approximate surface area is 122 Å². The molecule has 108 valence electrons. The number of benzene rings is 1. The van der Waals surface area contributed by atoms with Crippen molar-refractivity contribution in [3.8, 4) is 0 Å². The van der Waals surface area contributed by atoms with E-state index in [2.05, 4.69) is 9.71 Å². The molecular weight excluding hydrogens is 294 g/mol. The number of nitrogens with zero attached hydrogens (tertiary/aromatic N) is 1. The van der Waals surface area contributed by atoms with Crippen molar-refractivity contribution in [3.05, 3.63) is 45.9 Å². The summed E-state index contributed by atoms with van der Waals surface area (Å²) in [5.74, 6) is 0. The summed E-state index contributed by atoms with van der Waals surface area (Å²) >= 11 is 1.50. The molecule has 5 nitrogen and oxygen atoms in total. The van der Waals surface area contributed by atoms with E-state index in [1.807, 2.05) is 19.2 Å². The van der Waals surface area contributed by atoms with Crippen LogP contribution in [0.2, 0.25) is 0 Å². The van der Waals surface area contributed by atoms with E-state index in [4.69, 9.17) is 5.73 Å². The van der Waals surface area contributed by atoms with Gasteiger partial charge in [-0.05, 0) is 31.5 Å². The number of aromatic nitrogens is 1. The third-order valence-electron chi connectivity index (χ3n) is 2.83. The summed E-state index contributed by atoms with van der Waals surface area (Å²) in [5, 5.41) is 2.76. The standard InChI is InChI=1S/C13H17N3O2S2/c1-9(14)11-3-5-13(6-4-11)20(17,18)15-7-12-8-19-10(2)16-12/h3-6,8-9,15H,7,14H2,1-2H3. The zero-order valence-electron chi connectivity index (χ0n) is 11.3. The zero-order valence-corrected chi connectivity index (χ0v) is 13.0. The van der Waals surface area contributed by atoms with Crippen molar-refractivity contribution in [2.45, 2.75) is 31.3 Å². The number of thiazole rings is 1. The second-order valence-electron chi connectivity index (χ2n) is 4.54. The molecule has 1 atom stereocenters. The molecule has 0 aliphatic heterocycles. The minimum Gasteiger partial charge on any atom is -0.324 e. The number of sulfonamides is 1. The Hall–Kier alpha value is -1.28. The SMILES string of the molecule is Cc1nc(CNS(=O)(=O)c2ccc(C(C)N)cc2)cs1. The predicted octanol–water partition coefficient (Wildman–Crippen LogP) is 1.95. The van der Waals surface area contributed by atoms with Gasteiger partial charge in [0.15, 0.2) is 0 Å². The molecule has 0 radical (unpaired) electrons. The van der Waals surface area contributed by atoms with Crippen LogP contribution in [0.3, 0.4) is 0 Å². The van der Waals surface area contributed by atoms with Crippen LogP contribution in [0.5, 0.6) is 0 Å². The van der Waals surface area contributed by atoms with Crippen molar-refractivity contribution >= 4 is 21.4 Å². The number of hydrogen-bond donors (Lipinski definition) is 2. The van der Waals surface area contributed by atoms with Gasteiger partial charge >= 0.3 is 0 Å². The molecule has 0 fully saturated rings. The van der Waals surface area contributed by atoms with Crippen LogP contribution in [-0.2, 0) is 16.6 Å². The maximum Gasteiger partial charge on any atom is 0.240 e. The lowest BCUT2D eigenvalue weighted by atomic mass is 10.1. The van der Waals surface area contributed by atoms with Crippen molar-refractivity contribution in [2.75, 3.05) is 0 Å². The number of nitrogens with two attached hydrogens (primary N) is 1. The molecule has 3 N–H and O–H groups in total. The van der Waals surface area contributed by atoms with Crippen molar-refractivity contribution in [2.24, 2.45) is 5.73 Å². The highest BCUT2D eigenvalue weighted by molar-refractivity contribution is 7.89. The summed E-state index contributed by atoms with van der Waals surface area (Å²) in [5.41, 5.74) is 7.36. The zero-order chi connectivity index (χ0) is 14.8. The van der Waals surface area contributed by atoms with Gasteiger partial charge in [-0.3, -0.25) is 0 Å². The van der Waals surface area contributed by atoms with E-state index in [9.17, 15) is 8.42 Å². The number of nitrogens with one attached hydrogen (secondary N) is 1. The van der Waals surface area contributed by atoms with Gasteiger partial charge in [-0.15, -0.1) is 11.3 Å². The average Bonchev–Trinajstić information content (AvgIpc) is 2.82. The van der Waals surface area contributed by atoms with Gasteiger partial charge < -0.3 is 5.73 Å². The van der Waals surface area contributed by atoms with Gasteiger partial charge in [0, 0.05) is 11.4 Å². The normalized spacial score (nSPS) is 13.3. The van der Waals surface area contributed by atoms with E-state index >= 15 is 0 Å². The van der Waals surface area contributed by atoms with Gasteiger partial charge in [-0.1, -0.05) is 12.1 Å². The van der Waals surface area contributed by atoms with Crippen LogP contribution in [0.15, 0.2) is 34.5 Å². The molecule has 0 saturated heterocycles. The topological polar surface area (TPSA) is 85.1 Å². The molecule has 0 aliphatic carbocycles. The van der Waals surface area contributed by atoms with Gasteiger partial charge in [0.05, 0.1) is 22.1 Å². The van der Waals surface area contributed by atoms with Crippen LogP contribution in [0, 0.1) is 6.92 Å². The van der Waals surface area contributed by atoms with Gasteiger partial charge in [-0.25, -0.2) is 18.1 Å². The van der Waals surface area contributed by atoms with Crippen LogP contribution < -0.4 is 10.5 Å². The van der Waals surface area contributed by atoms with Crippen molar-refractivity contribution in [3.63, 3.8) is 0 Å². The highest BCUT2D eigenvalue weighted by Crippen LogP contribution is 2.15. The molecule has 1 heterocycles. The van der Waals surface area contributed by atoms with E-state index in [0.29, 0.717) is 0 Å². The monoisotopic (exact) mass is 311 g/mol. The van der Waals surface area contributed by atoms with Gasteiger partial charge in [0.1, 0.15) is 0 Å². The lowest BCUT2D eigenvalue weighted by Gasteiger charge is -2.08. The van der Waals surface area contributed by atoms with E-state index in [0.717, 1.165) is 16.3 Å². The summed E-state index contributed by atoms with van der Waals surface area (Å²) < 4.78 is 26.8. The van der Waals surface area contributed by atoms with E-state index in [1.54, 1.807) is 24.3 Å². The van der Waals surface area contributed by atoms with Crippen molar-refractivity contribution in [1.82, 2.24) is 9.71 Å². The second kappa shape index (κ2) is 6.01. The van der Waals surface area contributed by atoms with Crippen molar-refractivity contribution < 1.29 is 8.42 Å². The summed E-state index contributed by atoms with van der Waals surface area (Å²) in [6.45, 7) is 3.93. The number of hydrogen-bond acceptors (Lipinski definition) is 5. The van der Waals surface area contributed by atoms with Crippen LogP contribution >= 0.6 is 11.3 Å². The average molecular weight is 311 g/mol. The molecule has 0 saturated carbocycles. The summed E-state index contributed by atoms with van der Waals surface area (Å²) in [6, 6.07) is 6.47. The molecule has 0 aliphatic rings. The van der Waals surface area contributed by atoms with Crippen molar-refractivity contribution in [1.29, 1.82) is 0 Å². The molecule has 20 heavy (non-hydrogen) atoms. The third-order valence-corrected chi connectivity index (χ3v) is 5.07. The maximum absolute atomic E-state index is 12.1. The smallest absolute Gasteiger partial charge is 0.240 e. The number of rotatable bonds is 5. The van der Waals surface area contributed by atoms with Crippen LogP contribution in [0.1, 0.15) is 29.2 Å². The lowest BCUT2D eigenvalue weighted by molar-refractivity contribution is 0.580. The Kier molecular flexibility index (Phi) is 4.54. The molecule has 0 spiro atoms. The summed E-state index contributed by atoms with van der Waals surface area (Å²) in [4.78, 5) is 4.45. The predicted molar refractivity (Wildman–Crippen MR) is 79.9 cm³/mol. The van der Waals surface area contributed by atoms with Gasteiger partial charge in [-0.2, -0.15) is 0 Å².